The molecule has 8 nitrogen and oxygen atoms in total. The summed E-state index contributed by atoms with van der Waals surface area (Å²) in [6.45, 7) is -0.246. The Balaban J connectivity index is 1.70. The zero-order valence-corrected chi connectivity index (χ0v) is 15.9. The molecule has 0 fully saturated rings. The van der Waals surface area contributed by atoms with Crippen LogP contribution in [0.3, 0.4) is 0 Å². The van der Waals surface area contributed by atoms with Gasteiger partial charge in [0.2, 0.25) is 15.9 Å². The van der Waals surface area contributed by atoms with Gasteiger partial charge < -0.3 is 5.32 Å². The molecule has 1 heterocycles. The number of sulfonamides is 1. The Morgan fingerprint density at radius 2 is 1.75 bits per heavy atom. The van der Waals surface area contributed by atoms with E-state index in [0.717, 1.165) is 10.1 Å². The molecule has 3 aromatic rings. The highest BCUT2D eigenvalue weighted by atomic mass is 35.5. The predicted molar refractivity (Wildman–Crippen MR) is 105 cm³/mol. The van der Waals surface area contributed by atoms with Gasteiger partial charge in [-0.3, -0.25) is 14.2 Å². The number of hydrogen-bond acceptors (Lipinski definition) is 5. The third-order valence-corrected chi connectivity index (χ3v) is 4.98. The third-order valence-electron chi connectivity index (χ3n) is 3.80. The summed E-state index contributed by atoms with van der Waals surface area (Å²) in [7, 11) is -3.81. The van der Waals surface area contributed by atoms with Crippen molar-refractivity contribution in [1.82, 2.24) is 9.55 Å². The standard InChI is InChI=1S/C18H15ClN4O4S/c19-13-3-1-12(2-4-13)16-9-18(25)23(11-21-16)10-17(24)22-14-5-7-15(8-6-14)28(20,26)27/h1-9,11H,10H2,(H,22,24)(H2,20,26,27). The minimum absolute atomic E-state index is 0.0660. The quantitative estimate of drug-likeness (QED) is 0.654. The lowest BCUT2D eigenvalue weighted by Gasteiger charge is -2.08. The number of halogens is 1. The van der Waals surface area contributed by atoms with Crippen molar-refractivity contribution >= 4 is 33.2 Å². The van der Waals surface area contributed by atoms with E-state index in [4.69, 9.17) is 16.7 Å². The Kier molecular flexibility index (Phi) is 5.59. The molecule has 0 atom stereocenters. The molecule has 0 aliphatic heterocycles. The average molecular weight is 419 g/mol. The summed E-state index contributed by atoms with van der Waals surface area (Å²) in [6, 6.07) is 13.6. The fourth-order valence-electron chi connectivity index (χ4n) is 2.41. The van der Waals surface area contributed by atoms with Gasteiger partial charge in [-0.1, -0.05) is 23.7 Å². The highest BCUT2D eigenvalue weighted by Crippen LogP contribution is 2.18. The number of carbonyl (C=O) groups is 1. The molecule has 2 aromatic carbocycles. The molecule has 0 aliphatic rings. The highest BCUT2D eigenvalue weighted by Gasteiger charge is 2.10. The molecule has 3 rings (SSSR count). The van der Waals surface area contributed by atoms with Crippen LogP contribution in [0.2, 0.25) is 5.02 Å². The van der Waals surface area contributed by atoms with Crippen molar-refractivity contribution in [3.8, 4) is 11.3 Å². The van der Waals surface area contributed by atoms with E-state index >= 15 is 0 Å². The van der Waals surface area contributed by atoms with E-state index in [2.05, 4.69) is 10.3 Å². The number of carbonyl (C=O) groups excluding carboxylic acids is 1. The number of nitrogens with zero attached hydrogens (tertiary/aromatic N) is 2. The van der Waals surface area contributed by atoms with Gasteiger partial charge in [0.25, 0.3) is 5.56 Å². The van der Waals surface area contributed by atoms with Crippen LogP contribution < -0.4 is 16.0 Å². The van der Waals surface area contributed by atoms with Gasteiger partial charge in [0.1, 0.15) is 6.54 Å². The fraction of sp³-hybridized carbons (Fsp3) is 0.0556. The van der Waals surface area contributed by atoms with E-state index in [1.165, 1.54) is 36.7 Å². The summed E-state index contributed by atoms with van der Waals surface area (Å²) >= 11 is 5.84. The average Bonchev–Trinajstić information content (AvgIpc) is 2.64. The molecule has 3 N–H and O–H groups in total. The summed E-state index contributed by atoms with van der Waals surface area (Å²) in [6.07, 6.45) is 1.29. The third kappa shape index (κ3) is 4.83. The molecule has 0 bridgehead atoms. The second kappa shape index (κ2) is 7.93. The summed E-state index contributed by atoms with van der Waals surface area (Å²) in [4.78, 5) is 28.5. The van der Waals surface area contributed by atoms with Crippen molar-refractivity contribution in [3.05, 3.63) is 76.3 Å². The van der Waals surface area contributed by atoms with Crippen LogP contribution in [0.5, 0.6) is 0 Å². The number of primary sulfonamides is 1. The van der Waals surface area contributed by atoms with E-state index < -0.39 is 15.9 Å². The normalized spacial score (nSPS) is 11.2. The van der Waals surface area contributed by atoms with Crippen molar-refractivity contribution in [3.63, 3.8) is 0 Å². The molecular formula is C18H15ClN4O4S. The van der Waals surface area contributed by atoms with Crippen LogP contribution >= 0.6 is 11.6 Å². The van der Waals surface area contributed by atoms with Crippen molar-refractivity contribution in [2.45, 2.75) is 11.4 Å². The van der Waals surface area contributed by atoms with Crippen LogP contribution in [-0.2, 0) is 21.4 Å². The maximum absolute atomic E-state index is 12.3. The number of amides is 1. The first-order valence-corrected chi connectivity index (χ1v) is 9.90. The molecule has 0 saturated heterocycles. The first kappa shape index (κ1) is 19.7. The van der Waals surface area contributed by atoms with Gasteiger partial charge in [0.15, 0.2) is 0 Å². The van der Waals surface area contributed by atoms with E-state index in [1.54, 1.807) is 24.3 Å². The molecule has 144 valence electrons. The second-order valence-corrected chi connectivity index (χ2v) is 7.86. The second-order valence-electron chi connectivity index (χ2n) is 5.86. The van der Waals surface area contributed by atoms with E-state index in [9.17, 15) is 18.0 Å². The van der Waals surface area contributed by atoms with Gasteiger partial charge in [-0.15, -0.1) is 0 Å². The molecule has 0 saturated carbocycles. The lowest BCUT2D eigenvalue weighted by Crippen LogP contribution is -2.27. The number of rotatable bonds is 5. The Bertz CT molecular complexity index is 1170. The SMILES string of the molecule is NS(=O)(=O)c1ccc(NC(=O)Cn2cnc(-c3ccc(Cl)cc3)cc2=O)cc1. The number of aromatic nitrogens is 2. The lowest BCUT2D eigenvalue weighted by molar-refractivity contribution is -0.116. The van der Waals surface area contributed by atoms with Gasteiger partial charge in [-0.25, -0.2) is 18.5 Å². The minimum Gasteiger partial charge on any atom is -0.325 e. The molecule has 1 aromatic heterocycles. The van der Waals surface area contributed by atoms with Crippen LogP contribution in [0.4, 0.5) is 5.69 Å². The van der Waals surface area contributed by atoms with Gasteiger partial charge >= 0.3 is 0 Å². The van der Waals surface area contributed by atoms with Gasteiger partial charge in [0, 0.05) is 22.3 Å². The predicted octanol–water partition coefficient (Wildman–Crippen LogP) is 1.85. The van der Waals surface area contributed by atoms with Crippen LogP contribution in [0.1, 0.15) is 0 Å². The van der Waals surface area contributed by atoms with Crippen LogP contribution in [0.25, 0.3) is 11.3 Å². The molecule has 28 heavy (non-hydrogen) atoms. The Morgan fingerprint density at radius 1 is 1.11 bits per heavy atom. The van der Waals surface area contributed by atoms with Crippen LogP contribution in [0.15, 0.2) is 70.6 Å². The Hall–Kier alpha value is -3.01. The maximum atomic E-state index is 12.3. The monoisotopic (exact) mass is 418 g/mol. The number of nitrogens with two attached hydrogens (primary N) is 1. The van der Waals surface area contributed by atoms with E-state index in [1.807, 2.05) is 0 Å². The highest BCUT2D eigenvalue weighted by molar-refractivity contribution is 7.89. The van der Waals surface area contributed by atoms with Crippen molar-refractivity contribution in [2.75, 3.05) is 5.32 Å². The number of anilines is 1. The first-order valence-electron chi connectivity index (χ1n) is 7.97. The largest absolute Gasteiger partial charge is 0.325 e. The molecule has 0 unspecified atom stereocenters. The number of hydrogen-bond donors (Lipinski definition) is 2. The topological polar surface area (TPSA) is 124 Å². The number of nitrogens with one attached hydrogen (secondary N) is 1. The molecule has 1 amide bonds. The van der Waals surface area contributed by atoms with Crippen LogP contribution in [0, 0.1) is 0 Å². The summed E-state index contributed by atoms with van der Waals surface area (Å²) in [5, 5.41) is 8.17. The summed E-state index contributed by atoms with van der Waals surface area (Å²) < 4.78 is 23.6. The fourth-order valence-corrected chi connectivity index (χ4v) is 3.05. The maximum Gasteiger partial charge on any atom is 0.254 e. The van der Waals surface area contributed by atoms with Gasteiger partial charge in [0.05, 0.1) is 16.9 Å². The molecular weight excluding hydrogens is 404 g/mol. The van der Waals surface area contributed by atoms with Gasteiger partial charge in [-0.2, -0.15) is 0 Å². The van der Waals surface area contributed by atoms with Crippen molar-refractivity contribution < 1.29 is 13.2 Å². The zero-order valence-electron chi connectivity index (χ0n) is 14.4. The molecule has 0 spiro atoms. The van der Waals surface area contributed by atoms with Crippen LogP contribution in [-0.4, -0.2) is 23.9 Å². The Labute approximate surface area is 165 Å². The summed E-state index contributed by atoms with van der Waals surface area (Å²) in [5.74, 6) is -0.466. The summed E-state index contributed by atoms with van der Waals surface area (Å²) in [5.41, 5.74) is 1.18. The Morgan fingerprint density at radius 3 is 2.32 bits per heavy atom. The minimum atomic E-state index is -3.81. The van der Waals surface area contributed by atoms with Crippen molar-refractivity contribution in [2.24, 2.45) is 5.14 Å². The molecule has 10 heteroatoms. The number of benzene rings is 2. The van der Waals surface area contributed by atoms with Crippen molar-refractivity contribution in [1.29, 1.82) is 0 Å². The van der Waals surface area contributed by atoms with E-state index in [-0.39, 0.29) is 17.0 Å². The van der Waals surface area contributed by atoms with Gasteiger partial charge in [-0.05, 0) is 36.4 Å². The smallest absolute Gasteiger partial charge is 0.254 e. The molecule has 0 aliphatic carbocycles. The first-order chi connectivity index (χ1) is 13.2. The molecule has 0 radical (unpaired) electrons. The van der Waals surface area contributed by atoms with E-state index in [0.29, 0.717) is 16.4 Å². The lowest BCUT2D eigenvalue weighted by atomic mass is 10.1. The zero-order chi connectivity index (χ0) is 20.3.